The van der Waals surface area contributed by atoms with Gasteiger partial charge in [0.1, 0.15) is 11.3 Å². The van der Waals surface area contributed by atoms with E-state index in [1.807, 2.05) is 0 Å². The Kier molecular flexibility index (Phi) is 4.59. The fraction of sp³-hybridized carbons (Fsp3) is 0.385. The molecule has 2 heterocycles. The molecule has 0 unspecified atom stereocenters. The summed E-state index contributed by atoms with van der Waals surface area (Å²) in [5.74, 6) is -0.277. The summed E-state index contributed by atoms with van der Waals surface area (Å²) in [6.45, 7) is 1.75. The Balaban J connectivity index is 2.45. The van der Waals surface area contributed by atoms with Crippen LogP contribution in [0, 0.1) is 6.92 Å². The lowest BCUT2D eigenvalue weighted by Crippen LogP contribution is -2.36. The molecule has 7 heteroatoms. The summed E-state index contributed by atoms with van der Waals surface area (Å²) >= 11 is 5.91. The minimum Gasteiger partial charge on any atom is -0.395 e. The molecule has 0 spiro atoms. The van der Waals surface area contributed by atoms with Crippen LogP contribution in [0.5, 0.6) is 0 Å². The van der Waals surface area contributed by atoms with Crippen LogP contribution in [-0.4, -0.2) is 56.7 Å². The summed E-state index contributed by atoms with van der Waals surface area (Å²) < 4.78 is 1.66. The zero-order valence-electron chi connectivity index (χ0n) is 11.1. The first-order valence-electron chi connectivity index (χ1n) is 6.23. The summed E-state index contributed by atoms with van der Waals surface area (Å²) in [6.07, 6.45) is 1.68. The van der Waals surface area contributed by atoms with Gasteiger partial charge in [-0.1, -0.05) is 11.6 Å². The number of aliphatic hydroxyl groups is 2. The van der Waals surface area contributed by atoms with Crippen LogP contribution in [0.15, 0.2) is 18.3 Å². The number of hydrogen-bond acceptors (Lipinski definition) is 4. The van der Waals surface area contributed by atoms with E-state index in [1.54, 1.807) is 29.7 Å². The van der Waals surface area contributed by atoms with Crippen LogP contribution in [-0.2, 0) is 0 Å². The van der Waals surface area contributed by atoms with Crippen molar-refractivity contribution in [2.75, 3.05) is 26.3 Å². The van der Waals surface area contributed by atoms with Crippen LogP contribution < -0.4 is 0 Å². The van der Waals surface area contributed by atoms with Gasteiger partial charge in [0.15, 0.2) is 0 Å². The summed E-state index contributed by atoms with van der Waals surface area (Å²) in [6, 6.07) is 3.35. The third-order valence-corrected chi connectivity index (χ3v) is 3.23. The maximum atomic E-state index is 12.5. The highest BCUT2D eigenvalue weighted by atomic mass is 35.5. The van der Waals surface area contributed by atoms with Crippen LogP contribution in [0.1, 0.15) is 16.2 Å². The lowest BCUT2D eigenvalue weighted by Gasteiger charge is -2.20. The van der Waals surface area contributed by atoms with Gasteiger partial charge in [0.2, 0.25) is 0 Å². The minimum absolute atomic E-state index is 0.159. The van der Waals surface area contributed by atoms with Crippen LogP contribution in [0.25, 0.3) is 5.65 Å². The van der Waals surface area contributed by atoms with E-state index < -0.39 is 0 Å². The first-order valence-corrected chi connectivity index (χ1v) is 6.61. The Labute approximate surface area is 121 Å². The second-order valence-electron chi connectivity index (χ2n) is 4.36. The van der Waals surface area contributed by atoms with E-state index in [0.29, 0.717) is 22.1 Å². The van der Waals surface area contributed by atoms with E-state index in [4.69, 9.17) is 21.8 Å². The van der Waals surface area contributed by atoms with Crippen LogP contribution >= 0.6 is 11.6 Å². The molecule has 6 nitrogen and oxygen atoms in total. The number of carbonyl (C=O) groups is 1. The van der Waals surface area contributed by atoms with Gasteiger partial charge < -0.3 is 15.1 Å². The van der Waals surface area contributed by atoms with Crippen molar-refractivity contribution in [1.82, 2.24) is 14.3 Å². The number of aryl methyl sites for hydroxylation is 1. The lowest BCUT2D eigenvalue weighted by atomic mass is 10.3. The number of rotatable bonds is 5. The number of nitrogens with zero attached hydrogens (tertiary/aromatic N) is 3. The second kappa shape index (κ2) is 6.21. The highest BCUT2D eigenvalue weighted by Crippen LogP contribution is 2.18. The van der Waals surface area contributed by atoms with Crippen molar-refractivity contribution in [1.29, 1.82) is 0 Å². The fourth-order valence-electron chi connectivity index (χ4n) is 2.10. The van der Waals surface area contributed by atoms with Gasteiger partial charge in [0.05, 0.1) is 18.9 Å². The van der Waals surface area contributed by atoms with E-state index in [2.05, 4.69) is 4.98 Å². The minimum atomic E-state index is -0.277. The Bertz CT molecular complexity index is 621. The van der Waals surface area contributed by atoms with E-state index >= 15 is 0 Å². The molecule has 0 atom stereocenters. The Morgan fingerprint density at radius 1 is 1.40 bits per heavy atom. The van der Waals surface area contributed by atoms with Crippen molar-refractivity contribution in [3.63, 3.8) is 0 Å². The molecule has 0 bridgehead atoms. The standard InChI is InChI=1S/C13H16ClN3O3/c1-9-12(13(20)16(4-6-18)5-7-19)17-3-2-10(14)8-11(17)15-9/h2-3,8,18-19H,4-7H2,1H3. The highest BCUT2D eigenvalue weighted by Gasteiger charge is 2.22. The first-order chi connectivity index (χ1) is 9.58. The predicted octanol–water partition coefficient (Wildman–Crippen LogP) is 0.723. The average molecular weight is 298 g/mol. The van der Waals surface area contributed by atoms with E-state index in [0.717, 1.165) is 0 Å². The van der Waals surface area contributed by atoms with Crippen molar-refractivity contribution in [3.8, 4) is 0 Å². The van der Waals surface area contributed by atoms with E-state index in [1.165, 1.54) is 4.90 Å². The Hall–Kier alpha value is -1.63. The van der Waals surface area contributed by atoms with E-state index in [-0.39, 0.29) is 32.2 Å². The second-order valence-corrected chi connectivity index (χ2v) is 4.79. The van der Waals surface area contributed by atoms with Crippen molar-refractivity contribution in [2.24, 2.45) is 0 Å². The number of halogens is 1. The SMILES string of the molecule is Cc1nc2cc(Cl)ccn2c1C(=O)N(CCO)CCO. The molecule has 0 saturated carbocycles. The van der Waals surface area contributed by atoms with E-state index in [9.17, 15) is 4.79 Å². The molecule has 2 aromatic rings. The molecule has 2 aromatic heterocycles. The molecule has 0 aromatic carbocycles. The summed E-state index contributed by atoms with van der Waals surface area (Å²) in [5.41, 5.74) is 1.59. The molecule has 0 radical (unpaired) electrons. The van der Waals surface area contributed by atoms with Gasteiger partial charge in [-0.2, -0.15) is 0 Å². The van der Waals surface area contributed by atoms with Crippen molar-refractivity contribution >= 4 is 23.2 Å². The number of amides is 1. The summed E-state index contributed by atoms with van der Waals surface area (Å²) in [4.78, 5) is 18.2. The van der Waals surface area contributed by atoms with Crippen LogP contribution in [0.4, 0.5) is 0 Å². The number of pyridine rings is 1. The molecule has 0 aliphatic carbocycles. The molecule has 2 rings (SSSR count). The van der Waals surface area contributed by atoms with Gasteiger partial charge >= 0.3 is 0 Å². The van der Waals surface area contributed by atoms with Gasteiger partial charge in [0, 0.05) is 30.4 Å². The molecule has 0 fully saturated rings. The Morgan fingerprint density at radius 3 is 2.65 bits per heavy atom. The highest BCUT2D eigenvalue weighted by molar-refractivity contribution is 6.30. The van der Waals surface area contributed by atoms with Gasteiger partial charge in [0.25, 0.3) is 5.91 Å². The number of aromatic nitrogens is 2. The predicted molar refractivity (Wildman–Crippen MR) is 75.0 cm³/mol. The van der Waals surface area contributed by atoms with Crippen molar-refractivity contribution in [3.05, 3.63) is 34.7 Å². The van der Waals surface area contributed by atoms with Gasteiger partial charge in [-0.25, -0.2) is 4.98 Å². The molecule has 0 saturated heterocycles. The fourth-order valence-corrected chi connectivity index (χ4v) is 2.26. The van der Waals surface area contributed by atoms with Gasteiger partial charge in [-0.3, -0.25) is 9.20 Å². The molecule has 0 aliphatic heterocycles. The number of hydrogen-bond donors (Lipinski definition) is 2. The third kappa shape index (κ3) is 2.77. The quantitative estimate of drug-likeness (QED) is 0.852. The average Bonchev–Trinajstić information content (AvgIpc) is 2.72. The summed E-state index contributed by atoms with van der Waals surface area (Å²) in [7, 11) is 0. The molecular weight excluding hydrogens is 282 g/mol. The third-order valence-electron chi connectivity index (χ3n) is 2.99. The smallest absolute Gasteiger partial charge is 0.272 e. The number of aliphatic hydroxyl groups excluding tert-OH is 2. The molecule has 1 amide bonds. The molecule has 0 aliphatic rings. The molecule has 108 valence electrons. The topological polar surface area (TPSA) is 78.1 Å². The zero-order chi connectivity index (χ0) is 14.7. The molecule has 20 heavy (non-hydrogen) atoms. The molecular formula is C13H16ClN3O3. The normalized spacial score (nSPS) is 11.0. The monoisotopic (exact) mass is 297 g/mol. The largest absolute Gasteiger partial charge is 0.395 e. The first kappa shape index (κ1) is 14.8. The van der Waals surface area contributed by atoms with Crippen LogP contribution in [0.2, 0.25) is 5.02 Å². The number of fused-ring (bicyclic) bond motifs is 1. The van der Waals surface area contributed by atoms with Crippen molar-refractivity contribution < 1.29 is 15.0 Å². The zero-order valence-corrected chi connectivity index (χ0v) is 11.8. The Morgan fingerprint density at radius 2 is 2.05 bits per heavy atom. The van der Waals surface area contributed by atoms with Crippen molar-refractivity contribution in [2.45, 2.75) is 6.92 Å². The van der Waals surface area contributed by atoms with Gasteiger partial charge in [-0.05, 0) is 13.0 Å². The molecule has 2 N–H and O–H groups in total. The maximum absolute atomic E-state index is 12.5. The summed E-state index contributed by atoms with van der Waals surface area (Å²) in [5, 5.41) is 18.6. The lowest BCUT2D eigenvalue weighted by molar-refractivity contribution is 0.0677. The van der Waals surface area contributed by atoms with Crippen LogP contribution in [0.3, 0.4) is 0 Å². The van der Waals surface area contributed by atoms with Gasteiger partial charge in [-0.15, -0.1) is 0 Å². The maximum Gasteiger partial charge on any atom is 0.272 e. The number of imidazole rings is 1. The number of carbonyl (C=O) groups excluding carboxylic acids is 1.